The largest absolute Gasteiger partial charge is 0.449 e. The molecule has 108 valence electrons. The number of nitrogens with one attached hydrogen (secondary N) is 1. The number of nitro groups is 1. The van der Waals surface area contributed by atoms with Gasteiger partial charge in [-0.2, -0.15) is 0 Å². The molecular formula is C14H12ClN3O3. The van der Waals surface area contributed by atoms with Gasteiger partial charge in [0.2, 0.25) is 5.75 Å². The molecule has 0 saturated carbocycles. The van der Waals surface area contributed by atoms with Crippen molar-refractivity contribution in [2.45, 2.75) is 6.92 Å². The topological polar surface area (TPSA) is 102 Å². The van der Waals surface area contributed by atoms with Crippen LogP contribution in [0.25, 0.3) is 0 Å². The maximum absolute atomic E-state index is 11.0. The van der Waals surface area contributed by atoms with Gasteiger partial charge in [-0.1, -0.05) is 23.2 Å². The summed E-state index contributed by atoms with van der Waals surface area (Å²) in [5.41, 5.74) is 6.53. The summed E-state index contributed by atoms with van der Waals surface area (Å²) < 4.78 is 5.55. The summed E-state index contributed by atoms with van der Waals surface area (Å²) in [5, 5.41) is 18.8. The fourth-order valence-corrected chi connectivity index (χ4v) is 1.95. The van der Waals surface area contributed by atoms with Gasteiger partial charge in [0.15, 0.2) is 0 Å². The Morgan fingerprint density at radius 3 is 2.57 bits per heavy atom. The summed E-state index contributed by atoms with van der Waals surface area (Å²) >= 11 is 5.75. The summed E-state index contributed by atoms with van der Waals surface area (Å²) in [4.78, 5) is 10.5. The summed E-state index contributed by atoms with van der Waals surface area (Å²) in [6.07, 6.45) is 0. The molecule has 0 aliphatic carbocycles. The van der Waals surface area contributed by atoms with E-state index in [1.807, 2.05) is 6.92 Å². The number of nitrogen functional groups attached to an aromatic ring is 1. The van der Waals surface area contributed by atoms with E-state index in [1.54, 1.807) is 18.2 Å². The van der Waals surface area contributed by atoms with E-state index >= 15 is 0 Å². The van der Waals surface area contributed by atoms with Gasteiger partial charge < -0.3 is 10.5 Å². The predicted octanol–water partition coefficient (Wildman–Crippen LogP) is 3.63. The third kappa shape index (κ3) is 3.29. The van der Waals surface area contributed by atoms with Gasteiger partial charge in [0.1, 0.15) is 11.6 Å². The zero-order chi connectivity index (χ0) is 15.6. The number of nitrogens with zero attached hydrogens (tertiary/aromatic N) is 1. The van der Waals surface area contributed by atoms with Crippen LogP contribution in [0.4, 0.5) is 5.69 Å². The molecule has 6 nitrogen and oxygen atoms in total. The lowest BCUT2D eigenvalue weighted by molar-refractivity contribution is -0.385. The van der Waals surface area contributed by atoms with Crippen LogP contribution in [0.5, 0.6) is 11.5 Å². The zero-order valence-corrected chi connectivity index (χ0v) is 11.8. The normalized spacial score (nSPS) is 10.2. The van der Waals surface area contributed by atoms with E-state index in [2.05, 4.69) is 0 Å². The van der Waals surface area contributed by atoms with Crippen LogP contribution in [0, 0.1) is 22.4 Å². The number of hydrogen-bond acceptors (Lipinski definition) is 4. The second-order valence-electron chi connectivity index (χ2n) is 4.38. The third-order valence-electron chi connectivity index (χ3n) is 2.76. The van der Waals surface area contributed by atoms with Gasteiger partial charge in [-0.15, -0.1) is 0 Å². The molecule has 2 rings (SSSR count). The molecule has 0 heterocycles. The van der Waals surface area contributed by atoms with Gasteiger partial charge in [0, 0.05) is 11.1 Å². The van der Waals surface area contributed by atoms with Crippen molar-refractivity contribution < 1.29 is 9.66 Å². The molecule has 2 aromatic carbocycles. The average molecular weight is 306 g/mol. The highest BCUT2D eigenvalue weighted by Crippen LogP contribution is 2.35. The minimum atomic E-state index is -0.581. The molecule has 0 aliphatic heterocycles. The monoisotopic (exact) mass is 305 g/mol. The molecule has 0 unspecified atom stereocenters. The Bertz CT molecular complexity index is 670. The van der Waals surface area contributed by atoms with E-state index in [4.69, 9.17) is 27.5 Å². The number of halogens is 1. The van der Waals surface area contributed by atoms with Crippen LogP contribution >= 0.6 is 11.6 Å². The van der Waals surface area contributed by atoms with Gasteiger partial charge in [-0.25, -0.2) is 0 Å². The molecule has 2 aromatic rings. The quantitative estimate of drug-likeness (QED) is 0.389. The first-order valence-corrected chi connectivity index (χ1v) is 6.33. The second kappa shape index (κ2) is 5.80. The van der Waals surface area contributed by atoms with Crippen LogP contribution in [0.3, 0.4) is 0 Å². The number of amidine groups is 1. The highest BCUT2D eigenvalue weighted by atomic mass is 35.5. The molecule has 0 saturated heterocycles. The van der Waals surface area contributed by atoms with Gasteiger partial charge in [0.05, 0.1) is 10.5 Å². The van der Waals surface area contributed by atoms with Crippen LogP contribution in [0.1, 0.15) is 11.1 Å². The molecule has 0 radical (unpaired) electrons. The molecule has 21 heavy (non-hydrogen) atoms. The SMILES string of the molecule is Cc1ccc(Oc2ccc(Cl)cc2[N+](=O)[O-])c(C(=N)N)c1. The van der Waals surface area contributed by atoms with Crippen molar-refractivity contribution in [3.8, 4) is 11.5 Å². The minimum Gasteiger partial charge on any atom is -0.449 e. The third-order valence-corrected chi connectivity index (χ3v) is 3.00. The fraction of sp³-hybridized carbons (Fsp3) is 0.0714. The van der Waals surface area contributed by atoms with Gasteiger partial charge >= 0.3 is 5.69 Å². The lowest BCUT2D eigenvalue weighted by atomic mass is 10.1. The molecule has 0 atom stereocenters. The van der Waals surface area contributed by atoms with Gasteiger partial charge in [-0.3, -0.25) is 15.5 Å². The Kier molecular flexibility index (Phi) is 4.09. The number of aryl methyl sites for hydroxylation is 1. The minimum absolute atomic E-state index is 0.0377. The van der Waals surface area contributed by atoms with E-state index < -0.39 is 4.92 Å². The number of nitrogens with two attached hydrogens (primary N) is 1. The predicted molar refractivity (Wildman–Crippen MR) is 80.4 cm³/mol. The summed E-state index contributed by atoms with van der Waals surface area (Å²) in [6, 6.07) is 9.17. The Morgan fingerprint density at radius 2 is 1.95 bits per heavy atom. The second-order valence-corrected chi connectivity index (χ2v) is 4.82. The lowest BCUT2D eigenvalue weighted by Crippen LogP contribution is -2.12. The highest BCUT2D eigenvalue weighted by Gasteiger charge is 2.18. The van der Waals surface area contributed by atoms with E-state index in [-0.39, 0.29) is 28.0 Å². The van der Waals surface area contributed by atoms with E-state index in [0.29, 0.717) is 5.56 Å². The lowest BCUT2D eigenvalue weighted by Gasteiger charge is -2.11. The molecule has 0 spiro atoms. The maximum atomic E-state index is 11.0. The van der Waals surface area contributed by atoms with Crippen molar-refractivity contribution in [2.24, 2.45) is 5.73 Å². The first-order chi connectivity index (χ1) is 9.88. The molecule has 0 bridgehead atoms. The van der Waals surface area contributed by atoms with E-state index in [9.17, 15) is 10.1 Å². The number of rotatable bonds is 4. The van der Waals surface area contributed by atoms with Crippen LogP contribution in [0.15, 0.2) is 36.4 Å². The summed E-state index contributed by atoms with van der Waals surface area (Å²) in [6.45, 7) is 1.85. The van der Waals surface area contributed by atoms with Crippen molar-refractivity contribution >= 4 is 23.1 Å². The fourth-order valence-electron chi connectivity index (χ4n) is 1.78. The van der Waals surface area contributed by atoms with Crippen molar-refractivity contribution in [1.82, 2.24) is 0 Å². The summed E-state index contributed by atoms with van der Waals surface area (Å²) in [7, 11) is 0. The maximum Gasteiger partial charge on any atom is 0.313 e. The molecule has 0 amide bonds. The molecule has 0 aliphatic rings. The van der Waals surface area contributed by atoms with Crippen LogP contribution in [-0.4, -0.2) is 10.8 Å². The Labute approximate surface area is 125 Å². The van der Waals surface area contributed by atoms with E-state index in [1.165, 1.54) is 18.2 Å². The average Bonchev–Trinajstić information content (AvgIpc) is 2.42. The van der Waals surface area contributed by atoms with Crippen molar-refractivity contribution in [1.29, 1.82) is 5.41 Å². The van der Waals surface area contributed by atoms with Crippen LogP contribution < -0.4 is 10.5 Å². The standard InChI is InChI=1S/C14H12ClN3O3/c1-8-2-4-12(10(6-8)14(16)17)21-13-5-3-9(15)7-11(13)18(19)20/h2-7H,1H3,(H3,16,17). The van der Waals surface area contributed by atoms with Crippen molar-refractivity contribution in [3.63, 3.8) is 0 Å². The molecule has 7 heteroatoms. The number of hydrogen-bond donors (Lipinski definition) is 2. The molecule has 0 fully saturated rings. The molecular weight excluding hydrogens is 294 g/mol. The Hall–Kier alpha value is -2.60. The molecule has 3 N–H and O–H groups in total. The van der Waals surface area contributed by atoms with E-state index in [0.717, 1.165) is 5.56 Å². The van der Waals surface area contributed by atoms with Crippen LogP contribution in [0.2, 0.25) is 5.02 Å². The summed E-state index contributed by atoms with van der Waals surface area (Å²) in [5.74, 6) is 0.139. The first-order valence-electron chi connectivity index (χ1n) is 5.95. The Morgan fingerprint density at radius 1 is 1.29 bits per heavy atom. The van der Waals surface area contributed by atoms with Crippen LogP contribution in [-0.2, 0) is 0 Å². The first kappa shape index (κ1) is 14.8. The highest BCUT2D eigenvalue weighted by molar-refractivity contribution is 6.30. The van der Waals surface area contributed by atoms with Gasteiger partial charge in [-0.05, 0) is 31.2 Å². The zero-order valence-electron chi connectivity index (χ0n) is 11.1. The molecule has 0 aromatic heterocycles. The number of benzene rings is 2. The number of nitro benzene ring substituents is 1. The van der Waals surface area contributed by atoms with Crippen molar-refractivity contribution in [3.05, 3.63) is 62.7 Å². The number of ether oxygens (including phenoxy) is 1. The van der Waals surface area contributed by atoms with Gasteiger partial charge in [0.25, 0.3) is 0 Å². The Balaban J connectivity index is 2.48. The van der Waals surface area contributed by atoms with Crippen molar-refractivity contribution in [2.75, 3.05) is 0 Å². The smallest absolute Gasteiger partial charge is 0.313 e.